The van der Waals surface area contributed by atoms with Crippen molar-refractivity contribution in [1.29, 1.82) is 0 Å². The molecular weight excluding hydrogens is 284 g/mol. The van der Waals surface area contributed by atoms with Crippen LogP contribution in [0.15, 0.2) is 11.0 Å². The molecule has 1 aliphatic heterocycles. The molecule has 1 aromatic carbocycles. The van der Waals surface area contributed by atoms with Crippen LogP contribution in [0.5, 0.6) is 0 Å². The molecule has 0 aromatic heterocycles. The van der Waals surface area contributed by atoms with E-state index in [1.54, 1.807) is 11.4 Å². The third-order valence-electron chi connectivity index (χ3n) is 4.76. The highest BCUT2D eigenvalue weighted by Crippen LogP contribution is 2.30. The van der Waals surface area contributed by atoms with E-state index in [-0.39, 0.29) is 6.04 Å². The highest BCUT2D eigenvalue weighted by Gasteiger charge is 2.31. The summed E-state index contributed by atoms with van der Waals surface area (Å²) in [4.78, 5) is 0.501. The molecule has 0 amide bonds. The van der Waals surface area contributed by atoms with Crippen LogP contribution in [0, 0.1) is 27.7 Å². The van der Waals surface area contributed by atoms with Gasteiger partial charge in [-0.25, -0.2) is 8.42 Å². The van der Waals surface area contributed by atoms with E-state index < -0.39 is 10.0 Å². The summed E-state index contributed by atoms with van der Waals surface area (Å²) in [6.45, 7) is 9.54. The molecule has 1 aliphatic rings. The van der Waals surface area contributed by atoms with E-state index in [9.17, 15) is 8.42 Å². The number of aryl methyl sites for hydroxylation is 2. The molecule has 1 N–H and O–H groups in total. The molecule has 0 bridgehead atoms. The molecule has 0 spiro atoms. The zero-order chi connectivity index (χ0) is 15.8. The average molecular weight is 310 g/mol. The summed E-state index contributed by atoms with van der Waals surface area (Å²) in [6, 6.07) is 2.16. The molecule has 1 fully saturated rings. The Bertz CT molecular complexity index is 606. The predicted octanol–water partition coefficient (Wildman–Crippen LogP) is 2.29. The number of piperidine rings is 1. The second-order valence-electron chi connectivity index (χ2n) is 6.09. The van der Waals surface area contributed by atoms with Gasteiger partial charge in [0.2, 0.25) is 10.0 Å². The van der Waals surface area contributed by atoms with Crippen molar-refractivity contribution < 1.29 is 8.42 Å². The maximum atomic E-state index is 13.1. The lowest BCUT2D eigenvalue weighted by atomic mass is 10.0. The third kappa shape index (κ3) is 3.00. The normalized spacial score (nSPS) is 17.4. The molecule has 0 saturated carbocycles. The Balaban J connectivity index is 2.49. The van der Waals surface area contributed by atoms with Gasteiger partial charge in [0, 0.05) is 13.1 Å². The molecule has 2 rings (SSSR count). The molecule has 1 heterocycles. The lowest BCUT2D eigenvalue weighted by molar-refractivity contribution is 0.296. The Kier molecular flexibility index (Phi) is 4.76. The summed E-state index contributed by atoms with van der Waals surface area (Å²) in [6.07, 6.45) is 1.75. The SMILES string of the molecule is Cc1cc(C)c(C)c(S(=O)(=O)N(C)C2CCNCC2)c1C. The maximum Gasteiger partial charge on any atom is 0.243 e. The molecule has 118 valence electrons. The van der Waals surface area contributed by atoms with E-state index in [0.29, 0.717) is 4.90 Å². The summed E-state index contributed by atoms with van der Waals surface area (Å²) in [5, 5.41) is 3.28. The first-order chi connectivity index (χ1) is 9.76. The zero-order valence-electron chi connectivity index (χ0n) is 13.7. The lowest BCUT2D eigenvalue weighted by Crippen LogP contribution is -2.44. The fraction of sp³-hybridized carbons (Fsp3) is 0.625. The van der Waals surface area contributed by atoms with Gasteiger partial charge in [-0.15, -0.1) is 0 Å². The molecule has 1 saturated heterocycles. The van der Waals surface area contributed by atoms with Crippen molar-refractivity contribution in [3.63, 3.8) is 0 Å². The van der Waals surface area contributed by atoms with Gasteiger partial charge in [0.25, 0.3) is 0 Å². The van der Waals surface area contributed by atoms with Gasteiger partial charge in [0.05, 0.1) is 4.90 Å². The number of sulfonamides is 1. The van der Waals surface area contributed by atoms with Gasteiger partial charge in [-0.2, -0.15) is 4.31 Å². The molecule has 0 aliphatic carbocycles. The Hall–Kier alpha value is -0.910. The Labute approximate surface area is 128 Å². The van der Waals surface area contributed by atoms with Gasteiger partial charge >= 0.3 is 0 Å². The highest BCUT2D eigenvalue weighted by molar-refractivity contribution is 7.89. The van der Waals surface area contributed by atoms with Crippen molar-refractivity contribution in [2.75, 3.05) is 20.1 Å². The molecular formula is C16H26N2O2S. The monoisotopic (exact) mass is 310 g/mol. The van der Waals surface area contributed by atoms with Crippen LogP contribution >= 0.6 is 0 Å². The Morgan fingerprint density at radius 3 is 2.00 bits per heavy atom. The molecule has 0 unspecified atom stereocenters. The van der Waals surface area contributed by atoms with Crippen LogP contribution in [0.25, 0.3) is 0 Å². The van der Waals surface area contributed by atoms with E-state index >= 15 is 0 Å². The fourth-order valence-electron chi connectivity index (χ4n) is 3.08. The number of nitrogens with one attached hydrogen (secondary N) is 1. The minimum absolute atomic E-state index is 0.0934. The molecule has 0 atom stereocenters. The lowest BCUT2D eigenvalue weighted by Gasteiger charge is -2.32. The van der Waals surface area contributed by atoms with Gasteiger partial charge in [-0.3, -0.25) is 0 Å². The zero-order valence-corrected chi connectivity index (χ0v) is 14.5. The largest absolute Gasteiger partial charge is 0.317 e. The minimum atomic E-state index is -3.44. The van der Waals surface area contributed by atoms with E-state index in [4.69, 9.17) is 0 Å². The predicted molar refractivity (Wildman–Crippen MR) is 86.2 cm³/mol. The van der Waals surface area contributed by atoms with Crippen molar-refractivity contribution in [3.8, 4) is 0 Å². The van der Waals surface area contributed by atoms with Gasteiger partial charge in [0.1, 0.15) is 0 Å². The van der Waals surface area contributed by atoms with Crippen LogP contribution in [0.4, 0.5) is 0 Å². The summed E-state index contributed by atoms with van der Waals surface area (Å²) in [7, 11) is -1.72. The van der Waals surface area contributed by atoms with E-state index in [0.717, 1.165) is 48.2 Å². The maximum absolute atomic E-state index is 13.1. The van der Waals surface area contributed by atoms with Crippen LogP contribution in [0.3, 0.4) is 0 Å². The summed E-state index contributed by atoms with van der Waals surface area (Å²) in [5.41, 5.74) is 3.82. The van der Waals surface area contributed by atoms with E-state index in [1.807, 2.05) is 27.7 Å². The fourth-order valence-corrected chi connectivity index (χ4v) is 5.07. The van der Waals surface area contributed by atoms with Gasteiger partial charge in [0.15, 0.2) is 0 Å². The van der Waals surface area contributed by atoms with Gasteiger partial charge in [-0.1, -0.05) is 6.07 Å². The minimum Gasteiger partial charge on any atom is -0.317 e. The summed E-state index contributed by atoms with van der Waals surface area (Å²) < 4.78 is 27.8. The molecule has 1 aromatic rings. The number of nitrogens with zero attached hydrogens (tertiary/aromatic N) is 1. The highest BCUT2D eigenvalue weighted by atomic mass is 32.2. The number of hydrogen-bond acceptors (Lipinski definition) is 3. The number of rotatable bonds is 3. The van der Waals surface area contributed by atoms with Crippen molar-refractivity contribution in [2.45, 2.75) is 51.5 Å². The average Bonchev–Trinajstić information content (AvgIpc) is 2.45. The molecule has 4 nitrogen and oxygen atoms in total. The second kappa shape index (κ2) is 6.07. The van der Waals surface area contributed by atoms with Crippen LogP contribution in [0.1, 0.15) is 35.1 Å². The topological polar surface area (TPSA) is 49.4 Å². The number of benzene rings is 1. The van der Waals surface area contributed by atoms with E-state index in [1.165, 1.54) is 0 Å². The van der Waals surface area contributed by atoms with Crippen LogP contribution in [-0.2, 0) is 10.0 Å². The van der Waals surface area contributed by atoms with Crippen molar-refractivity contribution in [1.82, 2.24) is 9.62 Å². The first kappa shape index (κ1) is 16.5. The Morgan fingerprint density at radius 1 is 1.05 bits per heavy atom. The standard InChI is InChI=1S/C16H26N2O2S/c1-11-10-12(2)14(4)16(13(11)3)21(19,20)18(5)15-6-8-17-9-7-15/h10,15,17H,6-9H2,1-5H3. The Morgan fingerprint density at radius 2 is 1.52 bits per heavy atom. The van der Waals surface area contributed by atoms with Crippen molar-refractivity contribution in [2.24, 2.45) is 0 Å². The smallest absolute Gasteiger partial charge is 0.243 e. The van der Waals surface area contributed by atoms with Crippen LogP contribution in [-0.4, -0.2) is 38.9 Å². The first-order valence-electron chi connectivity index (χ1n) is 7.53. The van der Waals surface area contributed by atoms with Gasteiger partial charge in [-0.05, 0) is 75.9 Å². The van der Waals surface area contributed by atoms with Crippen molar-refractivity contribution in [3.05, 3.63) is 28.3 Å². The van der Waals surface area contributed by atoms with Crippen LogP contribution in [0.2, 0.25) is 0 Å². The second-order valence-corrected chi connectivity index (χ2v) is 8.03. The summed E-state index contributed by atoms with van der Waals surface area (Å²) in [5.74, 6) is 0. The summed E-state index contributed by atoms with van der Waals surface area (Å²) >= 11 is 0. The van der Waals surface area contributed by atoms with Crippen LogP contribution < -0.4 is 5.32 Å². The molecule has 0 radical (unpaired) electrons. The van der Waals surface area contributed by atoms with E-state index in [2.05, 4.69) is 11.4 Å². The quantitative estimate of drug-likeness (QED) is 0.932. The first-order valence-corrected chi connectivity index (χ1v) is 8.97. The third-order valence-corrected chi connectivity index (χ3v) is 6.94. The number of hydrogen-bond donors (Lipinski definition) is 1. The molecule has 5 heteroatoms. The van der Waals surface area contributed by atoms with Crippen molar-refractivity contribution >= 4 is 10.0 Å². The molecule has 21 heavy (non-hydrogen) atoms. The van der Waals surface area contributed by atoms with Gasteiger partial charge < -0.3 is 5.32 Å².